The lowest BCUT2D eigenvalue weighted by atomic mass is 9.83. The lowest BCUT2D eigenvalue weighted by Crippen LogP contribution is -2.58. The van der Waals surface area contributed by atoms with Crippen molar-refractivity contribution in [1.29, 1.82) is 0 Å². The zero-order valence-corrected chi connectivity index (χ0v) is 20.3. The number of nitrogens with one attached hydrogen (secondary N) is 1. The molecule has 0 spiro atoms. The van der Waals surface area contributed by atoms with Crippen LogP contribution in [0.4, 0.5) is 4.79 Å². The Hall–Kier alpha value is -2.32. The van der Waals surface area contributed by atoms with E-state index in [2.05, 4.69) is 5.32 Å². The molecule has 0 aromatic rings. The van der Waals surface area contributed by atoms with Crippen molar-refractivity contribution in [3.05, 3.63) is 0 Å². The Morgan fingerprint density at radius 2 is 1.66 bits per heavy atom. The number of hydrogen-bond acceptors (Lipinski definition) is 6. The monoisotopic (exact) mass is 453 g/mol. The van der Waals surface area contributed by atoms with Gasteiger partial charge in [0.25, 0.3) is 0 Å². The van der Waals surface area contributed by atoms with Crippen molar-refractivity contribution < 1.29 is 28.7 Å². The molecule has 0 bridgehead atoms. The van der Waals surface area contributed by atoms with Crippen LogP contribution < -0.4 is 5.32 Å². The molecule has 32 heavy (non-hydrogen) atoms. The lowest BCUT2D eigenvalue weighted by Gasteiger charge is -2.35. The highest BCUT2D eigenvalue weighted by Crippen LogP contribution is 2.29. The number of amides is 3. The maximum Gasteiger partial charge on any atom is 0.410 e. The second-order valence-electron chi connectivity index (χ2n) is 9.86. The first-order chi connectivity index (χ1) is 15.0. The number of nitrogens with zero attached hydrogens (tertiary/aromatic N) is 2. The van der Waals surface area contributed by atoms with Gasteiger partial charge in [0, 0.05) is 13.6 Å². The van der Waals surface area contributed by atoms with Crippen LogP contribution in [0.2, 0.25) is 0 Å². The summed E-state index contributed by atoms with van der Waals surface area (Å²) in [4.78, 5) is 53.9. The van der Waals surface area contributed by atoms with Crippen molar-refractivity contribution in [2.75, 3.05) is 20.7 Å². The van der Waals surface area contributed by atoms with Crippen molar-refractivity contribution in [3.63, 3.8) is 0 Å². The molecule has 1 saturated carbocycles. The predicted octanol–water partition coefficient (Wildman–Crippen LogP) is 2.47. The number of methoxy groups -OCH3 is 1. The van der Waals surface area contributed by atoms with E-state index in [1.165, 1.54) is 19.1 Å². The van der Waals surface area contributed by atoms with Crippen LogP contribution in [0.1, 0.15) is 72.6 Å². The largest absolute Gasteiger partial charge is 0.467 e. The van der Waals surface area contributed by atoms with Crippen LogP contribution in [0.5, 0.6) is 0 Å². The van der Waals surface area contributed by atoms with Crippen LogP contribution in [-0.4, -0.2) is 78.1 Å². The highest BCUT2D eigenvalue weighted by atomic mass is 16.6. The standard InChI is InChI=1S/C23H39N3O6/c1-15(25(5)22(30)32-23(2,3)4)19(27)24-18(16-11-8-7-9-12-16)20(28)26-14-10-13-17(26)21(29)31-6/h15-18H,7-14H2,1-6H3,(H,24,27)/t15-,17-,18-/m0/s1. The first-order valence-corrected chi connectivity index (χ1v) is 11.6. The molecule has 1 aliphatic heterocycles. The number of rotatable bonds is 6. The van der Waals surface area contributed by atoms with E-state index in [0.717, 1.165) is 32.1 Å². The van der Waals surface area contributed by atoms with E-state index in [-0.39, 0.29) is 11.8 Å². The molecule has 1 heterocycles. The Kier molecular flexibility index (Phi) is 8.92. The van der Waals surface area contributed by atoms with Crippen LogP contribution in [0, 0.1) is 5.92 Å². The second kappa shape index (κ2) is 11.0. The van der Waals surface area contributed by atoms with E-state index in [4.69, 9.17) is 9.47 Å². The first kappa shape index (κ1) is 25.9. The molecule has 2 fully saturated rings. The summed E-state index contributed by atoms with van der Waals surface area (Å²) in [6.45, 7) is 7.35. The zero-order valence-electron chi connectivity index (χ0n) is 20.3. The summed E-state index contributed by atoms with van der Waals surface area (Å²) < 4.78 is 10.2. The number of carbonyl (C=O) groups is 4. The van der Waals surface area contributed by atoms with E-state index in [9.17, 15) is 19.2 Å². The van der Waals surface area contributed by atoms with Gasteiger partial charge in [0.2, 0.25) is 11.8 Å². The third-order valence-electron chi connectivity index (χ3n) is 6.34. The minimum absolute atomic E-state index is 0.00173. The van der Waals surface area contributed by atoms with Gasteiger partial charge in [-0.1, -0.05) is 19.3 Å². The van der Waals surface area contributed by atoms with Crippen LogP contribution >= 0.6 is 0 Å². The van der Waals surface area contributed by atoms with E-state index < -0.39 is 41.7 Å². The van der Waals surface area contributed by atoms with E-state index >= 15 is 0 Å². The van der Waals surface area contributed by atoms with Crippen molar-refractivity contribution >= 4 is 23.9 Å². The molecule has 2 rings (SSSR count). The van der Waals surface area contributed by atoms with Gasteiger partial charge in [0.05, 0.1) is 7.11 Å². The molecule has 2 aliphatic rings. The van der Waals surface area contributed by atoms with Gasteiger partial charge >= 0.3 is 12.1 Å². The Labute approximate surface area is 191 Å². The highest BCUT2D eigenvalue weighted by Gasteiger charge is 2.42. The zero-order chi connectivity index (χ0) is 24.1. The molecule has 3 atom stereocenters. The van der Waals surface area contributed by atoms with E-state index in [1.807, 2.05) is 0 Å². The summed E-state index contributed by atoms with van der Waals surface area (Å²) in [7, 11) is 2.82. The summed E-state index contributed by atoms with van der Waals surface area (Å²) in [5.41, 5.74) is -0.680. The van der Waals surface area contributed by atoms with Gasteiger partial charge in [-0.2, -0.15) is 0 Å². The minimum atomic E-state index is -0.821. The van der Waals surface area contributed by atoms with Gasteiger partial charge in [-0.3, -0.25) is 14.5 Å². The Bertz CT molecular complexity index is 698. The minimum Gasteiger partial charge on any atom is -0.467 e. The first-order valence-electron chi connectivity index (χ1n) is 11.6. The molecule has 0 radical (unpaired) electrons. The van der Waals surface area contributed by atoms with Crippen molar-refractivity contribution in [1.82, 2.24) is 15.1 Å². The summed E-state index contributed by atoms with van der Waals surface area (Å²) >= 11 is 0. The number of likely N-dealkylation sites (tertiary alicyclic amines) is 1. The molecule has 9 heteroatoms. The molecule has 3 amide bonds. The molecular weight excluding hydrogens is 414 g/mol. The molecule has 9 nitrogen and oxygen atoms in total. The van der Waals surface area contributed by atoms with Gasteiger partial charge in [-0.05, 0) is 59.3 Å². The van der Waals surface area contributed by atoms with Crippen molar-refractivity contribution in [3.8, 4) is 0 Å². The molecule has 0 aromatic carbocycles. The van der Waals surface area contributed by atoms with Crippen LogP contribution in [0.25, 0.3) is 0 Å². The molecular formula is C23H39N3O6. The van der Waals surface area contributed by atoms with Gasteiger partial charge < -0.3 is 19.7 Å². The van der Waals surface area contributed by atoms with Crippen molar-refractivity contribution in [2.45, 2.75) is 96.4 Å². The Morgan fingerprint density at radius 1 is 1.03 bits per heavy atom. The summed E-state index contributed by atoms with van der Waals surface area (Å²) in [5.74, 6) is -1.10. The number of likely N-dealkylation sites (N-methyl/N-ethyl adjacent to an activating group) is 1. The van der Waals surface area contributed by atoms with Crippen LogP contribution in [-0.2, 0) is 23.9 Å². The number of carbonyl (C=O) groups excluding carboxylic acids is 4. The summed E-state index contributed by atoms with van der Waals surface area (Å²) in [6, 6.07) is -2.17. The van der Waals surface area contributed by atoms with Crippen LogP contribution in [0.3, 0.4) is 0 Å². The maximum atomic E-state index is 13.5. The number of hydrogen-bond donors (Lipinski definition) is 1. The van der Waals surface area contributed by atoms with E-state index in [1.54, 1.807) is 32.6 Å². The fourth-order valence-electron chi connectivity index (χ4n) is 4.38. The smallest absolute Gasteiger partial charge is 0.410 e. The second-order valence-corrected chi connectivity index (χ2v) is 9.86. The topological polar surface area (TPSA) is 105 Å². The normalized spacial score (nSPS) is 21.4. The quantitative estimate of drug-likeness (QED) is 0.620. The Balaban J connectivity index is 2.16. The fraction of sp³-hybridized carbons (Fsp3) is 0.826. The van der Waals surface area contributed by atoms with Gasteiger partial charge in [-0.15, -0.1) is 0 Å². The SMILES string of the molecule is COC(=O)[C@@H]1CCCN1C(=O)[C@@H](NC(=O)[C@H](C)N(C)C(=O)OC(C)(C)C)C1CCCCC1. The molecule has 1 saturated heterocycles. The Morgan fingerprint density at radius 3 is 2.22 bits per heavy atom. The van der Waals surface area contributed by atoms with Gasteiger partial charge in [0.15, 0.2) is 0 Å². The number of ether oxygens (including phenoxy) is 2. The van der Waals surface area contributed by atoms with Crippen molar-refractivity contribution in [2.24, 2.45) is 5.92 Å². The molecule has 0 aromatic heterocycles. The summed E-state index contributed by atoms with van der Waals surface area (Å²) in [6.07, 6.45) is 5.45. The average molecular weight is 454 g/mol. The fourth-order valence-corrected chi connectivity index (χ4v) is 4.38. The maximum absolute atomic E-state index is 13.5. The highest BCUT2D eigenvalue weighted by molar-refractivity contribution is 5.93. The lowest BCUT2D eigenvalue weighted by molar-refractivity contribution is -0.152. The third kappa shape index (κ3) is 6.59. The number of esters is 1. The average Bonchev–Trinajstić information content (AvgIpc) is 3.24. The molecule has 1 aliphatic carbocycles. The van der Waals surface area contributed by atoms with Gasteiger partial charge in [-0.25, -0.2) is 9.59 Å². The van der Waals surface area contributed by atoms with Gasteiger partial charge in [0.1, 0.15) is 23.7 Å². The van der Waals surface area contributed by atoms with E-state index in [0.29, 0.717) is 19.4 Å². The third-order valence-corrected chi connectivity index (χ3v) is 6.34. The molecule has 182 valence electrons. The van der Waals surface area contributed by atoms with Crippen LogP contribution in [0.15, 0.2) is 0 Å². The molecule has 0 unspecified atom stereocenters. The molecule has 1 N–H and O–H groups in total. The summed E-state index contributed by atoms with van der Waals surface area (Å²) in [5, 5.41) is 2.91. The predicted molar refractivity (Wildman–Crippen MR) is 119 cm³/mol.